The van der Waals surface area contributed by atoms with Crippen LogP contribution < -0.4 is 26.4 Å². The molecular formula is C33H31F5N8O2. The van der Waals surface area contributed by atoms with E-state index in [1.165, 1.54) is 24.4 Å². The summed E-state index contributed by atoms with van der Waals surface area (Å²) < 4.78 is 75.3. The normalized spacial score (nSPS) is 14.4. The highest BCUT2D eigenvalue weighted by Gasteiger charge is 2.40. The van der Waals surface area contributed by atoms with Crippen LogP contribution in [0.15, 0.2) is 95.8 Å². The van der Waals surface area contributed by atoms with Crippen LogP contribution >= 0.6 is 0 Å². The number of amides is 1. The zero-order valence-electron chi connectivity index (χ0n) is 25.4. The van der Waals surface area contributed by atoms with Crippen LogP contribution in [0.1, 0.15) is 5.56 Å². The molecule has 48 heavy (non-hydrogen) atoms. The highest BCUT2D eigenvalue weighted by atomic mass is 19.4. The van der Waals surface area contributed by atoms with Crippen LogP contribution in [-0.4, -0.2) is 65.4 Å². The van der Waals surface area contributed by atoms with E-state index in [1.807, 2.05) is 24.3 Å². The summed E-state index contributed by atoms with van der Waals surface area (Å²) >= 11 is 0. The number of alkyl halides is 3. The van der Waals surface area contributed by atoms with Crippen molar-refractivity contribution in [1.82, 2.24) is 20.2 Å². The number of halogens is 5. The Bertz CT molecular complexity index is 1790. The Hall–Kier alpha value is -5.41. The Morgan fingerprint density at radius 2 is 1.79 bits per heavy atom. The van der Waals surface area contributed by atoms with Crippen molar-refractivity contribution < 1.29 is 31.5 Å². The molecule has 0 unspecified atom stereocenters. The van der Waals surface area contributed by atoms with E-state index >= 15 is 4.39 Å². The molecule has 1 amide bonds. The number of rotatable bonds is 11. The van der Waals surface area contributed by atoms with Gasteiger partial charge in [0.15, 0.2) is 17.3 Å². The van der Waals surface area contributed by atoms with E-state index in [1.54, 1.807) is 0 Å². The summed E-state index contributed by atoms with van der Waals surface area (Å²) in [6.45, 7) is 4.95. The summed E-state index contributed by atoms with van der Waals surface area (Å²) in [5, 5.41) is 8.64. The van der Waals surface area contributed by atoms with Crippen molar-refractivity contribution >= 4 is 34.6 Å². The standard InChI is InChI=1S/C33H31F5N8O2/c34-22-4-6-23(7-5-22)42-30(33(36,37)38)26(20-39)31(47)43-25-8-9-28(27(35)19-25)48-29-10-12-41-32(45-29)44-24-3-1-2-21(18-24)11-15-46-16-13-40-14-17-46/h1-10,12,18-20,40H,11,13-17,39H2,(H,43,47)(H,41,44,45)/b26-20+,42-30?. The molecule has 0 spiro atoms. The lowest BCUT2D eigenvalue weighted by Crippen LogP contribution is -2.44. The van der Waals surface area contributed by atoms with Gasteiger partial charge in [0.2, 0.25) is 11.8 Å². The number of carbonyl (C=O) groups is 1. The van der Waals surface area contributed by atoms with Gasteiger partial charge in [-0.05, 0) is 60.5 Å². The second-order valence-electron chi connectivity index (χ2n) is 10.6. The predicted molar refractivity (Wildman–Crippen MR) is 172 cm³/mol. The average molecular weight is 667 g/mol. The molecule has 3 aromatic carbocycles. The number of benzene rings is 3. The fourth-order valence-corrected chi connectivity index (χ4v) is 4.77. The molecule has 1 aliphatic heterocycles. The van der Waals surface area contributed by atoms with Crippen LogP contribution in [-0.2, 0) is 11.2 Å². The predicted octanol–water partition coefficient (Wildman–Crippen LogP) is 5.85. The first-order valence-electron chi connectivity index (χ1n) is 14.8. The largest absolute Gasteiger partial charge is 0.436 e. The molecule has 1 fully saturated rings. The molecule has 0 bridgehead atoms. The lowest BCUT2D eigenvalue weighted by Gasteiger charge is -2.27. The van der Waals surface area contributed by atoms with Gasteiger partial charge in [-0.25, -0.2) is 18.8 Å². The summed E-state index contributed by atoms with van der Waals surface area (Å²) in [6.07, 6.45) is -2.35. The Morgan fingerprint density at radius 3 is 2.50 bits per heavy atom. The lowest BCUT2D eigenvalue weighted by molar-refractivity contribution is -0.113. The van der Waals surface area contributed by atoms with Gasteiger partial charge >= 0.3 is 6.18 Å². The smallest absolute Gasteiger partial charge is 0.434 e. The molecule has 5 N–H and O–H groups in total. The van der Waals surface area contributed by atoms with Crippen LogP contribution in [0.4, 0.5) is 45.0 Å². The Morgan fingerprint density at radius 1 is 1.02 bits per heavy atom. The fraction of sp³-hybridized carbons (Fsp3) is 0.212. The minimum Gasteiger partial charge on any atom is -0.436 e. The highest BCUT2D eigenvalue weighted by molar-refractivity contribution is 6.27. The zero-order chi connectivity index (χ0) is 34.1. The molecule has 10 nitrogen and oxygen atoms in total. The van der Waals surface area contributed by atoms with Crippen molar-refractivity contribution in [3.63, 3.8) is 0 Å². The molecule has 15 heteroatoms. The lowest BCUT2D eigenvalue weighted by atomic mass is 10.1. The third-order valence-electron chi connectivity index (χ3n) is 7.15. The van der Waals surface area contributed by atoms with Crippen LogP contribution in [0.5, 0.6) is 11.6 Å². The summed E-state index contributed by atoms with van der Waals surface area (Å²) in [6, 6.07) is 16.4. The zero-order valence-corrected chi connectivity index (χ0v) is 25.4. The number of hydrogen-bond donors (Lipinski definition) is 4. The number of aromatic nitrogens is 2. The molecule has 0 aliphatic carbocycles. The number of nitrogens with two attached hydrogens (primary N) is 1. The molecule has 5 rings (SSSR count). The number of carbonyl (C=O) groups excluding carboxylic acids is 1. The van der Waals surface area contributed by atoms with Crippen molar-refractivity contribution in [3.8, 4) is 11.6 Å². The second-order valence-corrected chi connectivity index (χ2v) is 10.6. The molecule has 1 saturated heterocycles. The van der Waals surface area contributed by atoms with E-state index in [9.17, 15) is 22.4 Å². The van der Waals surface area contributed by atoms with Crippen LogP contribution in [0, 0.1) is 11.6 Å². The summed E-state index contributed by atoms with van der Waals surface area (Å²) in [5.41, 5.74) is 4.18. The number of anilines is 3. The maximum atomic E-state index is 15.0. The maximum absolute atomic E-state index is 15.0. The summed E-state index contributed by atoms with van der Waals surface area (Å²) in [7, 11) is 0. The van der Waals surface area contributed by atoms with Gasteiger partial charge in [-0.2, -0.15) is 18.2 Å². The number of ether oxygens (including phenoxy) is 1. The first-order valence-corrected chi connectivity index (χ1v) is 14.8. The van der Waals surface area contributed by atoms with Crippen molar-refractivity contribution in [3.05, 3.63) is 108 Å². The van der Waals surface area contributed by atoms with Crippen molar-refractivity contribution in [2.45, 2.75) is 12.6 Å². The van der Waals surface area contributed by atoms with E-state index in [0.717, 1.165) is 80.7 Å². The van der Waals surface area contributed by atoms with E-state index in [2.05, 4.69) is 35.8 Å². The van der Waals surface area contributed by atoms with Gasteiger partial charge in [0.25, 0.3) is 5.91 Å². The number of nitrogens with zero attached hydrogens (tertiary/aromatic N) is 4. The minimum absolute atomic E-state index is 0.0122. The Kier molecular flexibility index (Phi) is 10.9. The number of piperazine rings is 1. The van der Waals surface area contributed by atoms with Gasteiger partial charge < -0.3 is 31.3 Å². The number of aliphatic imine (C=N–C) groups is 1. The fourth-order valence-electron chi connectivity index (χ4n) is 4.77. The van der Waals surface area contributed by atoms with Gasteiger partial charge in [-0.15, -0.1) is 0 Å². The molecule has 4 aromatic rings. The third-order valence-corrected chi connectivity index (χ3v) is 7.15. The monoisotopic (exact) mass is 666 g/mol. The van der Waals surface area contributed by atoms with Gasteiger partial charge in [0.05, 0.1) is 11.3 Å². The van der Waals surface area contributed by atoms with Gasteiger partial charge in [0, 0.05) is 68.6 Å². The van der Waals surface area contributed by atoms with Crippen molar-refractivity contribution in [1.29, 1.82) is 0 Å². The van der Waals surface area contributed by atoms with Crippen LogP contribution in [0.25, 0.3) is 0 Å². The first kappa shape index (κ1) is 33.9. The SMILES string of the molecule is N/C=C(/C(=O)Nc1ccc(Oc2ccnc(Nc3cccc(CCN4CCNCC4)c3)n2)c(F)c1)C(=Nc1ccc(F)cc1)C(F)(F)F. The molecule has 0 atom stereocenters. The molecular weight excluding hydrogens is 635 g/mol. The molecule has 2 heterocycles. The van der Waals surface area contributed by atoms with Gasteiger partial charge in [-0.1, -0.05) is 12.1 Å². The Balaban J connectivity index is 1.23. The van der Waals surface area contributed by atoms with Crippen molar-refractivity contribution in [2.24, 2.45) is 10.7 Å². The van der Waals surface area contributed by atoms with Crippen molar-refractivity contribution in [2.75, 3.05) is 43.4 Å². The quantitative estimate of drug-likeness (QED) is 0.0891. The summed E-state index contributed by atoms with van der Waals surface area (Å²) in [4.78, 5) is 27.1. The minimum atomic E-state index is -5.10. The van der Waals surface area contributed by atoms with E-state index in [-0.39, 0.29) is 29.0 Å². The number of hydrogen-bond acceptors (Lipinski definition) is 9. The third kappa shape index (κ3) is 9.33. The molecule has 1 aliphatic rings. The van der Waals surface area contributed by atoms with Crippen LogP contribution in [0.2, 0.25) is 0 Å². The number of nitrogens with one attached hydrogen (secondary N) is 3. The highest BCUT2D eigenvalue weighted by Crippen LogP contribution is 2.29. The second kappa shape index (κ2) is 15.5. The first-order chi connectivity index (χ1) is 23.1. The van der Waals surface area contributed by atoms with Gasteiger partial charge in [0.1, 0.15) is 5.82 Å². The summed E-state index contributed by atoms with van der Waals surface area (Å²) in [5.74, 6) is -2.97. The molecule has 0 saturated carbocycles. The molecule has 250 valence electrons. The average Bonchev–Trinajstić information content (AvgIpc) is 3.06. The van der Waals surface area contributed by atoms with E-state index in [0.29, 0.717) is 6.20 Å². The maximum Gasteiger partial charge on any atom is 0.434 e. The molecule has 0 radical (unpaired) electrons. The van der Waals surface area contributed by atoms with Gasteiger partial charge in [-0.3, -0.25) is 4.79 Å². The van der Waals surface area contributed by atoms with Crippen LogP contribution in [0.3, 0.4) is 0 Å². The molecule has 1 aromatic heterocycles. The van der Waals surface area contributed by atoms with E-state index in [4.69, 9.17) is 10.5 Å². The van der Waals surface area contributed by atoms with E-state index < -0.39 is 35.0 Å². The topological polar surface area (TPSA) is 130 Å². The Labute approximate surface area is 272 Å².